The Hall–Kier alpha value is -1.03. The average molecular weight is 257 g/mol. The lowest BCUT2D eigenvalue weighted by atomic mass is 9.79. The van der Waals surface area contributed by atoms with Crippen molar-refractivity contribution in [2.45, 2.75) is 44.3 Å². The zero-order valence-electron chi connectivity index (χ0n) is 10.4. The Balaban J connectivity index is 2.23. The zero-order chi connectivity index (χ0) is 13.2. The van der Waals surface area contributed by atoms with Crippen molar-refractivity contribution < 1.29 is 13.2 Å². The second-order valence-electron chi connectivity index (χ2n) is 4.83. The highest BCUT2D eigenvalue weighted by atomic mass is 19.4. The largest absolute Gasteiger partial charge is 0.407 e. The highest BCUT2D eigenvalue weighted by Crippen LogP contribution is 2.39. The van der Waals surface area contributed by atoms with Gasteiger partial charge in [0.2, 0.25) is 0 Å². The third-order valence-corrected chi connectivity index (χ3v) is 3.56. The number of alkyl halides is 3. The van der Waals surface area contributed by atoms with E-state index in [9.17, 15) is 13.2 Å². The van der Waals surface area contributed by atoms with Gasteiger partial charge in [0.05, 0.1) is 0 Å². The summed E-state index contributed by atoms with van der Waals surface area (Å²) < 4.78 is 38.9. The summed E-state index contributed by atoms with van der Waals surface area (Å²) in [6.45, 7) is 1.99. The molecule has 0 saturated heterocycles. The molecule has 0 aliphatic heterocycles. The van der Waals surface area contributed by atoms with Gasteiger partial charge in [-0.1, -0.05) is 37.6 Å². The average Bonchev–Trinajstić information content (AvgIpc) is 2.22. The van der Waals surface area contributed by atoms with Crippen LogP contribution in [0.2, 0.25) is 0 Å². The van der Waals surface area contributed by atoms with E-state index in [1.165, 1.54) is 6.42 Å². The molecule has 1 N–H and O–H groups in total. The van der Waals surface area contributed by atoms with Crippen LogP contribution < -0.4 is 5.32 Å². The Morgan fingerprint density at radius 3 is 2.56 bits per heavy atom. The predicted octanol–water partition coefficient (Wildman–Crippen LogP) is 4.17. The van der Waals surface area contributed by atoms with E-state index in [-0.39, 0.29) is 0 Å². The summed E-state index contributed by atoms with van der Waals surface area (Å²) >= 11 is 0. The van der Waals surface area contributed by atoms with Crippen LogP contribution in [0.5, 0.6) is 0 Å². The summed E-state index contributed by atoms with van der Waals surface area (Å²) in [6, 6.07) is 5.39. The lowest BCUT2D eigenvalue weighted by Crippen LogP contribution is -2.34. The fraction of sp³-hybridized carbons (Fsp3) is 0.571. The molecule has 0 spiro atoms. The van der Waals surface area contributed by atoms with Crippen LogP contribution in [0.3, 0.4) is 0 Å². The fourth-order valence-electron chi connectivity index (χ4n) is 2.36. The minimum Gasteiger partial charge on any atom is -0.303 e. The molecule has 1 unspecified atom stereocenters. The number of benzene rings is 1. The molecule has 1 atom stereocenters. The predicted molar refractivity (Wildman–Crippen MR) is 65.5 cm³/mol. The first-order chi connectivity index (χ1) is 8.52. The highest BCUT2D eigenvalue weighted by Gasteiger charge is 2.40. The maximum Gasteiger partial charge on any atom is 0.407 e. The molecule has 4 heteroatoms. The van der Waals surface area contributed by atoms with Crippen LogP contribution in [-0.4, -0.2) is 12.7 Å². The van der Waals surface area contributed by atoms with E-state index < -0.39 is 12.2 Å². The molecule has 2 rings (SSSR count). The van der Waals surface area contributed by atoms with Gasteiger partial charge in [-0.15, -0.1) is 0 Å². The van der Waals surface area contributed by atoms with Gasteiger partial charge in [-0.2, -0.15) is 13.2 Å². The van der Waals surface area contributed by atoms with Crippen LogP contribution in [0.15, 0.2) is 24.3 Å². The SMILES string of the molecule is CCNC(c1cccc(C2CCC2)c1)C(F)(F)F. The molecule has 0 bridgehead atoms. The molecule has 1 aromatic rings. The maximum atomic E-state index is 13.0. The Labute approximate surface area is 105 Å². The molecule has 1 saturated carbocycles. The van der Waals surface area contributed by atoms with E-state index in [1.807, 2.05) is 6.07 Å². The molecule has 1 fully saturated rings. The quantitative estimate of drug-likeness (QED) is 0.853. The summed E-state index contributed by atoms with van der Waals surface area (Å²) in [5, 5.41) is 2.52. The van der Waals surface area contributed by atoms with Crippen molar-refractivity contribution in [1.29, 1.82) is 0 Å². The first-order valence-corrected chi connectivity index (χ1v) is 6.42. The van der Waals surface area contributed by atoms with Gasteiger partial charge in [0.25, 0.3) is 0 Å². The van der Waals surface area contributed by atoms with E-state index >= 15 is 0 Å². The maximum absolute atomic E-state index is 13.0. The molecular formula is C14H18F3N. The van der Waals surface area contributed by atoms with Crippen molar-refractivity contribution in [3.05, 3.63) is 35.4 Å². The topological polar surface area (TPSA) is 12.0 Å². The van der Waals surface area contributed by atoms with Gasteiger partial charge in [-0.3, -0.25) is 0 Å². The second-order valence-corrected chi connectivity index (χ2v) is 4.83. The molecule has 1 aliphatic carbocycles. The van der Waals surface area contributed by atoms with Gasteiger partial charge in [-0.05, 0) is 36.4 Å². The van der Waals surface area contributed by atoms with Crippen LogP contribution in [0.25, 0.3) is 0 Å². The summed E-state index contributed by atoms with van der Waals surface area (Å²) in [5.41, 5.74) is 1.37. The number of halogens is 3. The van der Waals surface area contributed by atoms with Crippen molar-refractivity contribution in [3.8, 4) is 0 Å². The Bertz CT molecular complexity index is 396. The van der Waals surface area contributed by atoms with E-state index in [0.717, 1.165) is 18.4 Å². The van der Waals surface area contributed by atoms with E-state index in [2.05, 4.69) is 5.32 Å². The Kier molecular flexibility index (Phi) is 3.95. The summed E-state index contributed by atoms with van der Waals surface area (Å²) in [7, 11) is 0. The second kappa shape index (κ2) is 5.31. The van der Waals surface area contributed by atoms with Crippen molar-refractivity contribution in [1.82, 2.24) is 5.32 Å². The lowest BCUT2D eigenvalue weighted by molar-refractivity contribution is -0.157. The summed E-state index contributed by atoms with van der Waals surface area (Å²) in [6.07, 6.45) is -0.859. The van der Waals surface area contributed by atoms with Crippen LogP contribution >= 0.6 is 0 Å². The molecule has 1 aliphatic rings. The van der Waals surface area contributed by atoms with Gasteiger partial charge in [0.1, 0.15) is 6.04 Å². The van der Waals surface area contributed by atoms with Gasteiger partial charge in [0.15, 0.2) is 0 Å². The molecule has 1 nitrogen and oxygen atoms in total. The van der Waals surface area contributed by atoms with E-state index in [4.69, 9.17) is 0 Å². The third kappa shape index (κ3) is 2.86. The van der Waals surface area contributed by atoms with Crippen molar-refractivity contribution in [2.24, 2.45) is 0 Å². The number of hydrogen-bond acceptors (Lipinski definition) is 1. The first-order valence-electron chi connectivity index (χ1n) is 6.42. The fourth-order valence-corrected chi connectivity index (χ4v) is 2.36. The lowest BCUT2D eigenvalue weighted by Gasteiger charge is -2.27. The van der Waals surface area contributed by atoms with Gasteiger partial charge in [-0.25, -0.2) is 0 Å². The van der Waals surface area contributed by atoms with Crippen molar-refractivity contribution in [3.63, 3.8) is 0 Å². The molecule has 18 heavy (non-hydrogen) atoms. The number of hydrogen-bond donors (Lipinski definition) is 1. The summed E-state index contributed by atoms with van der Waals surface area (Å²) in [5.74, 6) is 0.459. The number of rotatable bonds is 4. The monoisotopic (exact) mass is 257 g/mol. The van der Waals surface area contributed by atoms with Gasteiger partial charge in [0, 0.05) is 0 Å². The first kappa shape index (κ1) is 13.4. The molecule has 100 valence electrons. The van der Waals surface area contributed by atoms with Crippen LogP contribution in [-0.2, 0) is 0 Å². The third-order valence-electron chi connectivity index (χ3n) is 3.56. The highest BCUT2D eigenvalue weighted by molar-refractivity contribution is 5.30. The minimum absolute atomic E-state index is 0.303. The molecule has 1 aromatic carbocycles. The van der Waals surface area contributed by atoms with Crippen molar-refractivity contribution in [2.75, 3.05) is 6.54 Å². The van der Waals surface area contributed by atoms with Crippen LogP contribution in [0, 0.1) is 0 Å². The molecule has 0 amide bonds. The number of nitrogens with one attached hydrogen (secondary N) is 1. The molecule has 0 heterocycles. The Morgan fingerprint density at radius 1 is 1.33 bits per heavy atom. The van der Waals surface area contributed by atoms with Crippen LogP contribution in [0.1, 0.15) is 49.3 Å². The molecular weight excluding hydrogens is 239 g/mol. The normalized spacial score (nSPS) is 18.4. The van der Waals surface area contributed by atoms with E-state index in [0.29, 0.717) is 18.0 Å². The molecule has 0 radical (unpaired) electrons. The Morgan fingerprint density at radius 2 is 2.06 bits per heavy atom. The standard InChI is InChI=1S/C14H18F3N/c1-2-18-13(14(15,16)17)12-8-4-7-11(9-12)10-5-3-6-10/h4,7-10,13,18H,2-3,5-6H2,1H3. The van der Waals surface area contributed by atoms with Gasteiger partial charge < -0.3 is 5.32 Å². The van der Waals surface area contributed by atoms with Crippen molar-refractivity contribution >= 4 is 0 Å². The van der Waals surface area contributed by atoms with Gasteiger partial charge >= 0.3 is 6.18 Å². The zero-order valence-corrected chi connectivity index (χ0v) is 10.4. The van der Waals surface area contributed by atoms with Crippen LogP contribution in [0.4, 0.5) is 13.2 Å². The van der Waals surface area contributed by atoms with E-state index in [1.54, 1.807) is 25.1 Å². The molecule has 0 aromatic heterocycles. The minimum atomic E-state index is -4.24. The smallest absolute Gasteiger partial charge is 0.303 e. The summed E-state index contributed by atoms with van der Waals surface area (Å²) in [4.78, 5) is 0.